The topological polar surface area (TPSA) is 164 Å². The van der Waals surface area contributed by atoms with Crippen LogP contribution in [0.5, 0.6) is 0 Å². The number of ether oxygens (including phenoxy) is 1. The van der Waals surface area contributed by atoms with Crippen LogP contribution in [0, 0.1) is 0 Å². The first-order valence-corrected chi connectivity index (χ1v) is 8.55. The van der Waals surface area contributed by atoms with Crippen LogP contribution >= 0.6 is 0 Å². The summed E-state index contributed by atoms with van der Waals surface area (Å²) in [6, 6.07) is 9.42. The second kappa shape index (κ2) is 7.48. The quantitative estimate of drug-likeness (QED) is 0.287. The number of nitrogens with zero attached hydrogens (tertiary/aromatic N) is 5. The fourth-order valence-corrected chi connectivity index (χ4v) is 3.04. The Morgan fingerprint density at radius 3 is 2.71 bits per heavy atom. The lowest BCUT2D eigenvalue weighted by molar-refractivity contribution is -0.0501. The van der Waals surface area contributed by atoms with E-state index in [0.29, 0.717) is 5.65 Å². The SMILES string of the molecule is Nc1ncnc2c1nc(NN=Cc1ccccc1)n2[C@@H]1O[C@@H](CO)[C@@H](O)[C@H]1O. The number of fused-ring (bicyclic) bond motifs is 1. The third-order valence-corrected chi connectivity index (χ3v) is 4.45. The smallest absolute Gasteiger partial charge is 0.228 e. The average molecular weight is 385 g/mol. The summed E-state index contributed by atoms with van der Waals surface area (Å²) in [6.45, 7) is -0.451. The largest absolute Gasteiger partial charge is 0.394 e. The molecule has 0 amide bonds. The van der Waals surface area contributed by atoms with Crippen molar-refractivity contribution >= 4 is 29.1 Å². The zero-order valence-corrected chi connectivity index (χ0v) is 14.6. The first-order valence-electron chi connectivity index (χ1n) is 8.55. The molecule has 1 saturated heterocycles. The number of anilines is 2. The molecule has 1 fully saturated rings. The van der Waals surface area contributed by atoms with Crippen LogP contribution in [-0.2, 0) is 4.74 Å². The van der Waals surface area contributed by atoms with Gasteiger partial charge in [0.25, 0.3) is 0 Å². The van der Waals surface area contributed by atoms with Gasteiger partial charge in [-0.3, -0.25) is 4.57 Å². The molecule has 1 aliphatic heterocycles. The highest BCUT2D eigenvalue weighted by Gasteiger charge is 2.45. The van der Waals surface area contributed by atoms with Crippen molar-refractivity contribution in [1.82, 2.24) is 19.5 Å². The number of nitrogens with two attached hydrogens (primary N) is 1. The first kappa shape index (κ1) is 18.3. The maximum absolute atomic E-state index is 10.4. The molecule has 11 nitrogen and oxygen atoms in total. The third kappa shape index (κ3) is 3.16. The van der Waals surface area contributed by atoms with Crippen molar-refractivity contribution in [3.05, 3.63) is 42.2 Å². The molecule has 0 spiro atoms. The average Bonchev–Trinajstić information content (AvgIpc) is 3.21. The number of nitrogen functional groups attached to an aromatic ring is 1. The van der Waals surface area contributed by atoms with Gasteiger partial charge in [-0.25, -0.2) is 20.4 Å². The van der Waals surface area contributed by atoms with Gasteiger partial charge in [0, 0.05) is 0 Å². The molecule has 3 heterocycles. The van der Waals surface area contributed by atoms with Crippen molar-refractivity contribution in [1.29, 1.82) is 0 Å². The number of hydrogen-bond acceptors (Lipinski definition) is 10. The zero-order chi connectivity index (χ0) is 19.7. The van der Waals surface area contributed by atoms with Gasteiger partial charge in [0.1, 0.15) is 24.6 Å². The monoisotopic (exact) mass is 385 g/mol. The maximum Gasteiger partial charge on any atom is 0.228 e. The van der Waals surface area contributed by atoms with E-state index in [0.717, 1.165) is 5.56 Å². The fourth-order valence-electron chi connectivity index (χ4n) is 3.04. The number of nitrogens with one attached hydrogen (secondary N) is 1. The molecule has 0 unspecified atom stereocenters. The van der Waals surface area contributed by atoms with Gasteiger partial charge in [0.2, 0.25) is 5.95 Å². The van der Waals surface area contributed by atoms with Crippen molar-refractivity contribution in [2.45, 2.75) is 24.5 Å². The molecule has 1 aliphatic rings. The van der Waals surface area contributed by atoms with Gasteiger partial charge in [0.05, 0.1) is 12.8 Å². The van der Waals surface area contributed by atoms with Crippen molar-refractivity contribution in [2.24, 2.45) is 5.10 Å². The van der Waals surface area contributed by atoms with Crippen LogP contribution in [0.3, 0.4) is 0 Å². The van der Waals surface area contributed by atoms with Crippen molar-refractivity contribution in [2.75, 3.05) is 17.8 Å². The van der Waals surface area contributed by atoms with E-state index in [1.165, 1.54) is 10.9 Å². The molecule has 0 bridgehead atoms. The summed E-state index contributed by atoms with van der Waals surface area (Å²) in [4.78, 5) is 12.4. The van der Waals surface area contributed by atoms with Crippen LogP contribution in [0.2, 0.25) is 0 Å². The zero-order valence-electron chi connectivity index (χ0n) is 14.6. The van der Waals surface area contributed by atoms with Crippen molar-refractivity contribution in [3.63, 3.8) is 0 Å². The van der Waals surface area contributed by atoms with E-state index >= 15 is 0 Å². The molecule has 11 heteroatoms. The van der Waals surface area contributed by atoms with Gasteiger partial charge in [-0.05, 0) is 5.56 Å². The number of benzene rings is 1. The van der Waals surface area contributed by atoms with Gasteiger partial charge < -0.3 is 25.8 Å². The Morgan fingerprint density at radius 1 is 1.21 bits per heavy atom. The van der Waals surface area contributed by atoms with E-state index in [2.05, 4.69) is 25.5 Å². The minimum atomic E-state index is -1.32. The molecule has 2 aromatic heterocycles. The Hall–Kier alpha value is -3.12. The summed E-state index contributed by atoms with van der Waals surface area (Å²) < 4.78 is 7.04. The van der Waals surface area contributed by atoms with E-state index in [1.807, 2.05) is 30.3 Å². The predicted molar refractivity (Wildman–Crippen MR) is 100 cm³/mol. The minimum absolute atomic E-state index is 0.144. The van der Waals surface area contributed by atoms with E-state index in [1.54, 1.807) is 6.21 Å². The van der Waals surface area contributed by atoms with Crippen LogP contribution in [-0.4, -0.2) is 66.0 Å². The third-order valence-electron chi connectivity index (χ3n) is 4.45. The van der Waals surface area contributed by atoms with Crippen LogP contribution in [0.4, 0.5) is 11.8 Å². The highest BCUT2D eigenvalue weighted by atomic mass is 16.6. The highest BCUT2D eigenvalue weighted by Crippen LogP contribution is 2.35. The molecular formula is C17H19N7O4. The molecule has 0 aliphatic carbocycles. The van der Waals surface area contributed by atoms with Crippen LogP contribution < -0.4 is 11.2 Å². The van der Waals surface area contributed by atoms with Gasteiger partial charge in [-0.2, -0.15) is 5.10 Å². The van der Waals surface area contributed by atoms with Crippen LogP contribution in [0.25, 0.3) is 11.2 Å². The highest BCUT2D eigenvalue weighted by molar-refractivity contribution is 5.84. The van der Waals surface area contributed by atoms with Crippen LogP contribution in [0.1, 0.15) is 11.8 Å². The lowest BCUT2D eigenvalue weighted by atomic mass is 10.1. The summed E-state index contributed by atoms with van der Waals surface area (Å²) in [5, 5.41) is 34.0. The van der Waals surface area contributed by atoms with Crippen LogP contribution in [0.15, 0.2) is 41.8 Å². The van der Waals surface area contributed by atoms with Gasteiger partial charge >= 0.3 is 0 Å². The van der Waals surface area contributed by atoms with E-state index < -0.39 is 31.1 Å². The maximum atomic E-state index is 10.4. The molecule has 0 saturated carbocycles. The number of hydrogen-bond donors (Lipinski definition) is 5. The predicted octanol–water partition coefficient (Wildman–Crippen LogP) is -0.534. The molecule has 4 atom stereocenters. The summed E-state index contributed by atoms with van der Waals surface area (Å²) in [6.07, 6.45) is -1.74. The summed E-state index contributed by atoms with van der Waals surface area (Å²) in [5.41, 5.74) is 10.1. The molecule has 146 valence electrons. The molecular weight excluding hydrogens is 366 g/mol. The summed E-state index contributed by atoms with van der Waals surface area (Å²) in [5.74, 6) is 0.329. The number of aromatic nitrogens is 4. The molecule has 0 radical (unpaired) electrons. The van der Waals surface area contributed by atoms with Gasteiger partial charge in [0.15, 0.2) is 23.2 Å². The number of aliphatic hydroxyl groups is 3. The second-order valence-electron chi connectivity index (χ2n) is 6.25. The Morgan fingerprint density at radius 2 is 2.00 bits per heavy atom. The number of aliphatic hydroxyl groups excluding tert-OH is 3. The van der Waals surface area contributed by atoms with Gasteiger partial charge in [-0.15, -0.1) is 0 Å². The number of rotatable bonds is 5. The number of imidazole rings is 1. The molecule has 3 aromatic rings. The molecule has 1 aromatic carbocycles. The van der Waals surface area contributed by atoms with E-state index in [9.17, 15) is 15.3 Å². The Labute approximate surface area is 159 Å². The second-order valence-corrected chi connectivity index (χ2v) is 6.25. The van der Waals surface area contributed by atoms with Gasteiger partial charge in [-0.1, -0.05) is 30.3 Å². The minimum Gasteiger partial charge on any atom is -0.394 e. The lowest BCUT2D eigenvalue weighted by Gasteiger charge is -2.18. The lowest BCUT2D eigenvalue weighted by Crippen LogP contribution is -2.33. The number of hydrazone groups is 1. The van der Waals surface area contributed by atoms with E-state index in [4.69, 9.17) is 10.5 Å². The summed E-state index contributed by atoms with van der Waals surface area (Å²) in [7, 11) is 0. The first-order chi connectivity index (χ1) is 13.6. The standard InChI is InChI=1S/C17H19N7O4/c18-14-11-15(20-8-19-14)24(16-13(27)12(26)10(7-25)28-16)17(22-11)23-21-6-9-4-2-1-3-5-9/h1-6,8,10,12-13,16,25-27H,7H2,(H,22,23)(H2,18,19,20)/t10-,12+,13+,16+/m0/s1. The Balaban J connectivity index is 1.73. The Kier molecular flexibility index (Phi) is 4.88. The summed E-state index contributed by atoms with van der Waals surface area (Å²) >= 11 is 0. The van der Waals surface area contributed by atoms with Crippen molar-refractivity contribution < 1.29 is 20.1 Å². The molecule has 4 rings (SSSR count). The van der Waals surface area contributed by atoms with E-state index in [-0.39, 0.29) is 17.3 Å². The molecule has 6 N–H and O–H groups in total. The Bertz CT molecular complexity index is 994. The normalized spacial score (nSPS) is 25.0. The molecule has 28 heavy (non-hydrogen) atoms. The fraction of sp³-hybridized carbons (Fsp3) is 0.294. The van der Waals surface area contributed by atoms with Crippen molar-refractivity contribution in [3.8, 4) is 0 Å².